The number of hydrogen-bond donors (Lipinski definition) is 1. The van der Waals surface area contributed by atoms with Gasteiger partial charge in [0.15, 0.2) is 0 Å². The molecule has 0 amide bonds. The lowest BCUT2D eigenvalue weighted by molar-refractivity contribution is 0.361. The predicted molar refractivity (Wildman–Crippen MR) is 76.9 cm³/mol. The zero-order chi connectivity index (χ0) is 13.1. The van der Waals surface area contributed by atoms with Crippen LogP contribution in [0.2, 0.25) is 0 Å². The highest BCUT2D eigenvalue weighted by atomic mass is 79.9. The molecule has 2 rings (SSSR count). The molecule has 1 aromatic heterocycles. The summed E-state index contributed by atoms with van der Waals surface area (Å²) in [5, 5.41) is 7.59. The topological polar surface area (TPSA) is 46.9 Å². The van der Waals surface area contributed by atoms with Crippen molar-refractivity contribution < 1.29 is 0 Å². The quantitative estimate of drug-likeness (QED) is 0.933. The van der Waals surface area contributed by atoms with Gasteiger partial charge in [-0.15, -0.1) is 0 Å². The van der Waals surface area contributed by atoms with Crippen LogP contribution < -0.4 is 10.9 Å². The molecule has 1 aromatic rings. The van der Waals surface area contributed by atoms with Crippen LogP contribution in [0.1, 0.15) is 39.5 Å². The Labute approximate surface area is 116 Å². The van der Waals surface area contributed by atoms with Crippen molar-refractivity contribution in [2.45, 2.75) is 52.1 Å². The van der Waals surface area contributed by atoms with E-state index >= 15 is 0 Å². The van der Waals surface area contributed by atoms with Gasteiger partial charge in [-0.05, 0) is 54.5 Å². The summed E-state index contributed by atoms with van der Waals surface area (Å²) in [7, 11) is 0. The number of rotatable bonds is 3. The van der Waals surface area contributed by atoms with Gasteiger partial charge in [0.2, 0.25) is 0 Å². The Morgan fingerprint density at radius 1 is 1.44 bits per heavy atom. The van der Waals surface area contributed by atoms with Crippen molar-refractivity contribution >= 4 is 21.6 Å². The van der Waals surface area contributed by atoms with E-state index < -0.39 is 0 Å². The Kier molecular flexibility index (Phi) is 4.43. The second kappa shape index (κ2) is 5.87. The summed E-state index contributed by atoms with van der Waals surface area (Å²) in [6.07, 6.45) is 6.60. The molecule has 0 atom stereocenters. The van der Waals surface area contributed by atoms with Crippen molar-refractivity contribution in [1.82, 2.24) is 9.78 Å². The van der Waals surface area contributed by atoms with E-state index in [1.165, 1.54) is 30.4 Å². The molecule has 5 heteroatoms. The van der Waals surface area contributed by atoms with Crippen molar-refractivity contribution in [2.24, 2.45) is 5.92 Å². The second-order valence-corrected chi connectivity index (χ2v) is 5.89. The minimum absolute atomic E-state index is 0.0633. The van der Waals surface area contributed by atoms with Crippen molar-refractivity contribution in [3.05, 3.63) is 21.0 Å². The second-order valence-electron chi connectivity index (χ2n) is 5.09. The average molecular weight is 314 g/mol. The van der Waals surface area contributed by atoms with Gasteiger partial charge in [0.05, 0.1) is 11.9 Å². The van der Waals surface area contributed by atoms with Gasteiger partial charge in [0.1, 0.15) is 4.47 Å². The van der Waals surface area contributed by atoms with Gasteiger partial charge >= 0.3 is 0 Å². The molecule has 100 valence electrons. The van der Waals surface area contributed by atoms with Gasteiger partial charge in [-0.3, -0.25) is 4.79 Å². The summed E-state index contributed by atoms with van der Waals surface area (Å²) in [6.45, 7) is 4.81. The van der Waals surface area contributed by atoms with E-state index in [0.29, 0.717) is 17.1 Å². The number of aromatic nitrogens is 2. The van der Waals surface area contributed by atoms with E-state index in [2.05, 4.69) is 33.3 Å². The van der Waals surface area contributed by atoms with Crippen LogP contribution in [-0.2, 0) is 6.54 Å². The molecule has 1 saturated carbocycles. The third-order valence-electron chi connectivity index (χ3n) is 3.66. The summed E-state index contributed by atoms with van der Waals surface area (Å²) < 4.78 is 2.05. The Balaban J connectivity index is 2.10. The molecule has 1 aliphatic carbocycles. The number of aryl methyl sites for hydroxylation is 1. The highest BCUT2D eigenvalue weighted by Gasteiger charge is 2.19. The standard InChI is InChI=1S/C13H20BrN3O/c1-3-17-13(18)12(14)11(8-15-17)16-10-6-4-9(2)5-7-10/h8-10,16H,3-7H2,1-2H3. The van der Waals surface area contributed by atoms with Gasteiger partial charge in [-0.1, -0.05) is 6.92 Å². The van der Waals surface area contributed by atoms with E-state index in [-0.39, 0.29) is 5.56 Å². The third-order valence-corrected chi connectivity index (χ3v) is 4.43. The Bertz CT molecular complexity index is 464. The van der Waals surface area contributed by atoms with Crippen molar-refractivity contribution in [2.75, 3.05) is 5.32 Å². The van der Waals surface area contributed by atoms with Crippen molar-refractivity contribution in [3.63, 3.8) is 0 Å². The molecule has 4 nitrogen and oxygen atoms in total. The van der Waals surface area contributed by atoms with Crippen LogP contribution in [0.15, 0.2) is 15.5 Å². The SMILES string of the molecule is CCn1ncc(NC2CCC(C)CC2)c(Br)c1=O. The van der Waals surface area contributed by atoms with Crippen LogP contribution in [0.4, 0.5) is 5.69 Å². The maximum absolute atomic E-state index is 11.9. The van der Waals surface area contributed by atoms with Crippen LogP contribution in [-0.4, -0.2) is 15.8 Å². The maximum Gasteiger partial charge on any atom is 0.283 e. The number of hydrogen-bond acceptors (Lipinski definition) is 3. The van der Waals surface area contributed by atoms with Crippen LogP contribution in [0.5, 0.6) is 0 Å². The fourth-order valence-corrected chi connectivity index (χ4v) is 2.84. The Morgan fingerprint density at radius 2 is 2.11 bits per heavy atom. The van der Waals surface area contributed by atoms with E-state index in [4.69, 9.17) is 0 Å². The summed E-state index contributed by atoms with van der Waals surface area (Å²) in [4.78, 5) is 11.9. The zero-order valence-corrected chi connectivity index (χ0v) is 12.5. The first kappa shape index (κ1) is 13.6. The molecule has 0 bridgehead atoms. The molecule has 18 heavy (non-hydrogen) atoms. The summed E-state index contributed by atoms with van der Waals surface area (Å²) in [5.41, 5.74) is 0.760. The molecular weight excluding hydrogens is 294 g/mol. The first-order valence-electron chi connectivity index (χ1n) is 6.64. The van der Waals surface area contributed by atoms with Gasteiger partial charge in [-0.25, -0.2) is 4.68 Å². The highest BCUT2D eigenvalue weighted by molar-refractivity contribution is 9.10. The van der Waals surface area contributed by atoms with Crippen molar-refractivity contribution in [3.8, 4) is 0 Å². The molecule has 1 N–H and O–H groups in total. The lowest BCUT2D eigenvalue weighted by Crippen LogP contribution is -2.28. The molecule has 0 aromatic carbocycles. The molecule has 0 spiro atoms. The monoisotopic (exact) mass is 313 g/mol. The first-order chi connectivity index (χ1) is 8.61. The van der Waals surface area contributed by atoms with Crippen LogP contribution in [0, 0.1) is 5.92 Å². The molecule has 1 heterocycles. The molecule has 0 radical (unpaired) electrons. The van der Waals surface area contributed by atoms with Gasteiger partial charge in [0.25, 0.3) is 5.56 Å². The molecule has 0 aliphatic heterocycles. The smallest absolute Gasteiger partial charge is 0.283 e. The molecule has 0 unspecified atom stereocenters. The molecular formula is C13H20BrN3O. The number of anilines is 1. The zero-order valence-electron chi connectivity index (χ0n) is 10.9. The van der Waals surface area contributed by atoms with Gasteiger partial charge in [-0.2, -0.15) is 5.10 Å². The minimum atomic E-state index is -0.0633. The number of nitrogens with one attached hydrogen (secondary N) is 1. The largest absolute Gasteiger partial charge is 0.380 e. The normalized spacial score (nSPS) is 23.9. The number of nitrogens with zero attached hydrogens (tertiary/aromatic N) is 2. The Hall–Kier alpha value is -0.840. The summed E-state index contributed by atoms with van der Waals surface area (Å²) in [5.74, 6) is 0.831. The molecule has 1 fully saturated rings. The number of halogens is 1. The maximum atomic E-state index is 11.9. The van der Waals surface area contributed by atoms with E-state index in [9.17, 15) is 4.79 Å². The van der Waals surface area contributed by atoms with Gasteiger partial charge < -0.3 is 5.32 Å². The molecule has 0 saturated heterocycles. The van der Waals surface area contributed by atoms with Gasteiger partial charge in [0, 0.05) is 12.6 Å². The molecule has 1 aliphatic rings. The Morgan fingerprint density at radius 3 is 2.72 bits per heavy atom. The lowest BCUT2D eigenvalue weighted by Gasteiger charge is -2.27. The average Bonchev–Trinajstić information content (AvgIpc) is 2.38. The first-order valence-corrected chi connectivity index (χ1v) is 7.43. The van der Waals surface area contributed by atoms with Crippen LogP contribution in [0.25, 0.3) is 0 Å². The highest BCUT2D eigenvalue weighted by Crippen LogP contribution is 2.27. The van der Waals surface area contributed by atoms with E-state index in [1.54, 1.807) is 6.20 Å². The third kappa shape index (κ3) is 2.94. The lowest BCUT2D eigenvalue weighted by atomic mass is 9.87. The van der Waals surface area contributed by atoms with E-state index in [1.807, 2.05) is 6.92 Å². The van der Waals surface area contributed by atoms with Crippen LogP contribution >= 0.6 is 15.9 Å². The van der Waals surface area contributed by atoms with E-state index in [0.717, 1.165) is 11.6 Å². The fourth-order valence-electron chi connectivity index (χ4n) is 2.42. The summed E-state index contributed by atoms with van der Waals surface area (Å²) >= 11 is 3.37. The van der Waals surface area contributed by atoms with Crippen molar-refractivity contribution in [1.29, 1.82) is 0 Å². The summed E-state index contributed by atoms with van der Waals surface area (Å²) in [6, 6.07) is 0.469. The fraction of sp³-hybridized carbons (Fsp3) is 0.692. The van der Waals surface area contributed by atoms with Crippen LogP contribution in [0.3, 0.4) is 0 Å². The predicted octanol–water partition coefficient (Wildman–Crippen LogP) is 3.02. The minimum Gasteiger partial charge on any atom is -0.380 e.